The standard InChI is InChI=1S/C22H16ClN3O3S/c23-17-8-3-9-18(14-17)26-30(28,29)19-10-1-6-16(13-19)22(27)25-20-11-2-5-15-7-4-12-24-21(15)20/h1-14,26H,(H,25,27). The number of nitrogens with one attached hydrogen (secondary N) is 2. The zero-order valence-corrected chi connectivity index (χ0v) is 17.1. The van der Waals surface area contributed by atoms with Crippen molar-refractivity contribution in [2.45, 2.75) is 4.90 Å². The fourth-order valence-corrected chi connectivity index (χ4v) is 4.26. The van der Waals surface area contributed by atoms with E-state index < -0.39 is 15.9 Å². The summed E-state index contributed by atoms with van der Waals surface area (Å²) in [5, 5.41) is 4.10. The number of para-hydroxylation sites is 1. The number of amides is 1. The summed E-state index contributed by atoms with van der Waals surface area (Å²) in [6.07, 6.45) is 1.65. The van der Waals surface area contributed by atoms with Gasteiger partial charge in [0.1, 0.15) is 0 Å². The van der Waals surface area contributed by atoms with Crippen LogP contribution in [0.1, 0.15) is 10.4 Å². The summed E-state index contributed by atoms with van der Waals surface area (Å²) in [7, 11) is -3.89. The van der Waals surface area contributed by atoms with Crippen LogP contribution in [-0.2, 0) is 10.0 Å². The molecule has 0 aliphatic heterocycles. The van der Waals surface area contributed by atoms with Crippen LogP contribution in [0.4, 0.5) is 11.4 Å². The molecule has 6 nitrogen and oxygen atoms in total. The van der Waals surface area contributed by atoms with Crippen LogP contribution in [-0.4, -0.2) is 19.3 Å². The van der Waals surface area contributed by atoms with Crippen LogP contribution in [0.15, 0.2) is 90.0 Å². The van der Waals surface area contributed by atoms with Crippen molar-refractivity contribution in [1.29, 1.82) is 0 Å². The Morgan fingerprint density at radius 2 is 1.67 bits per heavy atom. The van der Waals surface area contributed by atoms with Gasteiger partial charge in [0.15, 0.2) is 0 Å². The summed E-state index contributed by atoms with van der Waals surface area (Å²) in [6.45, 7) is 0. The van der Waals surface area contributed by atoms with Crippen molar-refractivity contribution in [3.63, 3.8) is 0 Å². The van der Waals surface area contributed by atoms with Gasteiger partial charge >= 0.3 is 0 Å². The Hall–Kier alpha value is -3.42. The molecule has 0 atom stereocenters. The van der Waals surface area contributed by atoms with Gasteiger partial charge in [-0.2, -0.15) is 0 Å². The second-order valence-electron chi connectivity index (χ2n) is 6.48. The monoisotopic (exact) mass is 437 g/mol. The molecule has 0 fully saturated rings. The topological polar surface area (TPSA) is 88.2 Å². The van der Waals surface area contributed by atoms with Crippen LogP contribution < -0.4 is 10.0 Å². The van der Waals surface area contributed by atoms with Crippen LogP contribution in [0, 0.1) is 0 Å². The largest absolute Gasteiger partial charge is 0.320 e. The second kappa shape index (κ2) is 8.14. The first kappa shape index (κ1) is 19.9. The second-order valence-corrected chi connectivity index (χ2v) is 8.60. The lowest BCUT2D eigenvalue weighted by molar-refractivity contribution is 0.102. The number of carbonyl (C=O) groups excluding carboxylic acids is 1. The third kappa shape index (κ3) is 4.27. The molecule has 1 amide bonds. The van der Waals surface area contributed by atoms with Crippen molar-refractivity contribution in [3.8, 4) is 0 Å². The van der Waals surface area contributed by atoms with Crippen molar-refractivity contribution in [2.24, 2.45) is 0 Å². The Morgan fingerprint density at radius 1 is 0.900 bits per heavy atom. The van der Waals surface area contributed by atoms with Crippen LogP contribution in [0.2, 0.25) is 5.02 Å². The molecule has 4 rings (SSSR count). The van der Waals surface area contributed by atoms with Crippen LogP contribution in [0.5, 0.6) is 0 Å². The van der Waals surface area contributed by atoms with Gasteiger partial charge in [-0.1, -0.05) is 41.9 Å². The number of nitrogens with zero attached hydrogens (tertiary/aromatic N) is 1. The maximum atomic E-state index is 12.8. The van der Waals surface area contributed by atoms with Crippen LogP contribution >= 0.6 is 11.6 Å². The minimum Gasteiger partial charge on any atom is -0.320 e. The Bertz CT molecular complexity index is 1350. The number of hydrogen-bond donors (Lipinski definition) is 2. The molecular formula is C22H16ClN3O3S. The zero-order valence-electron chi connectivity index (χ0n) is 15.5. The van der Waals surface area contributed by atoms with Gasteiger partial charge in [0.2, 0.25) is 0 Å². The molecule has 0 saturated heterocycles. The number of pyridine rings is 1. The number of anilines is 2. The van der Waals surface area contributed by atoms with E-state index in [-0.39, 0.29) is 10.5 Å². The lowest BCUT2D eigenvalue weighted by Gasteiger charge is -2.11. The lowest BCUT2D eigenvalue weighted by Crippen LogP contribution is -2.16. The maximum Gasteiger partial charge on any atom is 0.261 e. The molecule has 30 heavy (non-hydrogen) atoms. The number of halogens is 1. The summed E-state index contributed by atoms with van der Waals surface area (Å²) < 4.78 is 27.9. The normalized spacial score (nSPS) is 11.2. The first-order valence-electron chi connectivity index (χ1n) is 8.96. The highest BCUT2D eigenvalue weighted by Gasteiger charge is 2.17. The number of carbonyl (C=O) groups is 1. The Morgan fingerprint density at radius 3 is 2.50 bits per heavy atom. The van der Waals surface area contributed by atoms with E-state index in [9.17, 15) is 13.2 Å². The van der Waals surface area contributed by atoms with Crippen molar-refractivity contribution < 1.29 is 13.2 Å². The third-order valence-corrected chi connectivity index (χ3v) is 5.98. The molecule has 8 heteroatoms. The quantitative estimate of drug-likeness (QED) is 0.462. The molecule has 4 aromatic rings. The highest BCUT2D eigenvalue weighted by molar-refractivity contribution is 7.92. The fourth-order valence-electron chi connectivity index (χ4n) is 2.97. The van der Waals surface area contributed by atoms with Gasteiger partial charge in [-0.25, -0.2) is 8.42 Å². The van der Waals surface area contributed by atoms with Gasteiger partial charge < -0.3 is 5.32 Å². The summed E-state index contributed by atoms with van der Waals surface area (Å²) >= 11 is 5.91. The van der Waals surface area contributed by atoms with E-state index in [2.05, 4.69) is 15.0 Å². The molecule has 150 valence electrons. The summed E-state index contributed by atoms with van der Waals surface area (Å²) in [5.41, 5.74) is 1.74. The van der Waals surface area contributed by atoms with E-state index in [4.69, 9.17) is 11.6 Å². The first-order chi connectivity index (χ1) is 14.4. The highest BCUT2D eigenvalue weighted by Crippen LogP contribution is 2.23. The third-order valence-electron chi connectivity index (χ3n) is 4.36. The predicted octanol–water partition coefficient (Wildman–Crippen LogP) is 4.94. The van der Waals surface area contributed by atoms with E-state index in [1.165, 1.54) is 24.3 Å². The smallest absolute Gasteiger partial charge is 0.261 e. The molecule has 0 aliphatic rings. The average molecular weight is 438 g/mol. The molecule has 0 spiro atoms. The molecule has 0 unspecified atom stereocenters. The van der Waals surface area contributed by atoms with E-state index in [1.54, 1.807) is 36.5 Å². The van der Waals surface area contributed by atoms with Gasteiger partial charge in [-0.05, 0) is 48.5 Å². The molecule has 2 N–H and O–H groups in total. The van der Waals surface area contributed by atoms with Gasteiger partial charge in [0.25, 0.3) is 15.9 Å². The molecule has 1 aromatic heterocycles. The molecule has 0 radical (unpaired) electrons. The number of aromatic nitrogens is 1. The number of hydrogen-bond acceptors (Lipinski definition) is 4. The average Bonchev–Trinajstić information content (AvgIpc) is 2.74. The molecular weight excluding hydrogens is 422 g/mol. The van der Waals surface area contributed by atoms with E-state index in [1.807, 2.05) is 24.3 Å². The fraction of sp³-hybridized carbons (Fsp3) is 0. The lowest BCUT2D eigenvalue weighted by atomic mass is 10.1. The van der Waals surface area contributed by atoms with Gasteiger partial charge in [0.05, 0.1) is 21.8 Å². The molecule has 1 heterocycles. The Balaban J connectivity index is 1.60. The van der Waals surface area contributed by atoms with Crippen molar-refractivity contribution in [3.05, 3.63) is 95.6 Å². The Labute approximate surface area is 178 Å². The number of benzene rings is 3. The SMILES string of the molecule is O=C(Nc1cccc2cccnc12)c1cccc(S(=O)(=O)Nc2cccc(Cl)c2)c1. The number of fused-ring (bicyclic) bond motifs is 1. The summed E-state index contributed by atoms with van der Waals surface area (Å²) in [4.78, 5) is 17.0. The molecule has 0 aliphatic carbocycles. The van der Waals surface area contributed by atoms with Crippen molar-refractivity contribution >= 4 is 49.8 Å². The number of sulfonamides is 1. The highest BCUT2D eigenvalue weighted by atomic mass is 35.5. The first-order valence-corrected chi connectivity index (χ1v) is 10.8. The predicted molar refractivity (Wildman–Crippen MR) is 118 cm³/mol. The zero-order chi connectivity index (χ0) is 21.1. The molecule has 3 aromatic carbocycles. The minimum absolute atomic E-state index is 0.0360. The number of rotatable bonds is 5. The van der Waals surface area contributed by atoms with Gasteiger partial charge in [-0.3, -0.25) is 14.5 Å². The molecule has 0 saturated carbocycles. The van der Waals surface area contributed by atoms with Gasteiger partial charge in [0, 0.05) is 22.2 Å². The van der Waals surface area contributed by atoms with E-state index in [0.29, 0.717) is 21.9 Å². The summed E-state index contributed by atoms with van der Waals surface area (Å²) in [5.74, 6) is -0.437. The van der Waals surface area contributed by atoms with Crippen molar-refractivity contribution in [2.75, 3.05) is 10.0 Å². The van der Waals surface area contributed by atoms with E-state index in [0.717, 1.165) is 5.39 Å². The van der Waals surface area contributed by atoms with Crippen LogP contribution in [0.3, 0.4) is 0 Å². The Kier molecular flexibility index (Phi) is 5.39. The van der Waals surface area contributed by atoms with Gasteiger partial charge in [-0.15, -0.1) is 0 Å². The van der Waals surface area contributed by atoms with Crippen molar-refractivity contribution in [1.82, 2.24) is 4.98 Å². The molecule has 0 bridgehead atoms. The summed E-state index contributed by atoms with van der Waals surface area (Å²) in [6, 6.07) is 21.4. The minimum atomic E-state index is -3.89. The van der Waals surface area contributed by atoms with Crippen LogP contribution in [0.25, 0.3) is 10.9 Å². The van der Waals surface area contributed by atoms with E-state index >= 15 is 0 Å². The maximum absolute atomic E-state index is 12.8.